The Morgan fingerprint density at radius 3 is 2.50 bits per heavy atom. The Hall–Kier alpha value is -3.56. The molecule has 0 aliphatic carbocycles. The van der Waals surface area contributed by atoms with E-state index in [0.29, 0.717) is 36.6 Å². The van der Waals surface area contributed by atoms with Crippen LogP contribution in [0.5, 0.6) is 0 Å². The van der Waals surface area contributed by atoms with Gasteiger partial charge in [0.25, 0.3) is 5.91 Å². The number of nitrogens with zero attached hydrogens (tertiary/aromatic N) is 5. The van der Waals surface area contributed by atoms with Gasteiger partial charge in [-0.05, 0) is 56.0 Å². The fourth-order valence-corrected chi connectivity index (χ4v) is 4.73. The molecule has 10 heteroatoms. The molecule has 2 N–H and O–H groups in total. The molecule has 2 aromatic heterocycles. The summed E-state index contributed by atoms with van der Waals surface area (Å²) in [6.45, 7) is 8.13. The van der Waals surface area contributed by atoms with Crippen LogP contribution in [0.3, 0.4) is 0 Å². The van der Waals surface area contributed by atoms with Crippen molar-refractivity contribution in [1.29, 1.82) is 0 Å². The van der Waals surface area contributed by atoms with Gasteiger partial charge in [0.2, 0.25) is 0 Å². The minimum Gasteiger partial charge on any atom is -0.330 e. The molecule has 8 nitrogen and oxygen atoms in total. The van der Waals surface area contributed by atoms with Gasteiger partial charge in [-0.25, -0.2) is 14.2 Å². The maximum absolute atomic E-state index is 14.4. The van der Waals surface area contributed by atoms with Crippen molar-refractivity contribution in [2.75, 3.05) is 13.1 Å². The number of benzene rings is 2. The van der Waals surface area contributed by atoms with E-state index in [9.17, 15) is 14.0 Å². The summed E-state index contributed by atoms with van der Waals surface area (Å²) in [4.78, 5) is 34.2. The summed E-state index contributed by atoms with van der Waals surface area (Å²) in [6.07, 6.45) is 0.515. The molecule has 0 radical (unpaired) electrons. The normalized spacial score (nSPS) is 12.3. The summed E-state index contributed by atoms with van der Waals surface area (Å²) in [5.41, 5.74) is 7.67. The zero-order valence-corrected chi connectivity index (χ0v) is 22.7. The number of rotatable bonds is 9. The third-order valence-corrected chi connectivity index (χ3v) is 7.01. The van der Waals surface area contributed by atoms with Crippen LogP contribution in [0, 0.1) is 25.6 Å². The molecule has 4 aromatic rings. The summed E-state index contributed by atoms with van der Waals surface area (Å²) in [5.74, 6) is -0.614. The third-order valence-electron chi connectivity index (χ3n) is 6.57. The molecule has 38 heavy (non-hydrogen) atoms. The molecule has 1 atom stereocenters. The number of hydrogen-bond donors (Lipinski definition) is 1. The van der Waals surface area contributed by atoms with Crippen molar-refractivity contribution in [2.24, 2.45) is 11.7 Å². The molecular formula is C28H32ClFN6O2. The monoisotopic (exact) mass is 538 g/mol. The second kappa shape index (κ2) is 11.4. The van der Waals surface area contributed by atoms with Crippen LogP contribution in [0.2, 0.25) is 5.02 Å². The van der Waals surface area contributed by atoms with E-state index in [1.807, 2.05) is 44.2 Å². The van der Waals surface area contributed by atoms with Crippen LogP contribution in [0.4, 0.5) is 4.39 Å². The Morgan fingerprint density at radius 2 is 1.87 bits per heavy atom. The number of nitrogens with two attached hydrogens (primary N) is 1. The van der Waals surface area contributed by atoms with Gasteiger partial charge >= 0.3 is 5.69 Å². The van der Waals surface area contributed by atoms with Gasteiger partial charge in [-0.1, -0.05) is 61.8 Å². The predicted octanol–water partition coefficient (Wildman–Crippen LogP) is 4.54. The van der Waals surface area contributed by atoms with Gasteiger partial charge in [0.1, 0.15) is 16.7 Å². The van der Waals surface area contributed by atoms with Crippen LogP contribution in [-0.4, -0.2) is 43.1 Å². The van der Waals surface area contributed by atoms with Gasteiger partial charge in [0.15, 0.2) is 5.65 Å². The first-order valence-electron chi connectivity index (χ1n) is 12.6. The summed E-state index contributed by atoms with van der Waals surface area (Å²) < 4.78 is 17.2. The predicted molar refractivity (Wildman–Crippen MR) is 146 cm³/mol. The largest absolute Gasteiger partial charge is 0.352 e. The molecule has 4 rings (SSSR count). The van der Waals surface area contributed by atoms with E-state index < -0.39 is 17.5 Å². The van der Waals surface area contributed by atoms with Crippen molar-refractivity contribution in [1.82, 2.24) is 24.1 Å². The van der Waals surface area contributed by atoms with Crippen molar-refractivity contribution in [2.45, 2.75) is 46.7 Å². The summed E-state index contributed by atoms with van der Waals surface area (Å²) in [5, 5.41) is 4.58. The highest BCUT2D eigenvalue weighted by Gasteiger charge is 2.33. The highest BCUT2D eigenvalue weighted by atomic mass is 35.5. The minimum absolute atomic E-state index is 0.161. The quantitative estimate of drug-likeness (QED) is 0.337. The highest BCUT2D eigenvalue weighted by Crippen LogP contribution is 2.31. The van der Waals surface area contributed by atoms with Crippen LogP contribution >= 0.6 is 11.6 Å². The third kappa shape index (κ3) is 5.35. The molecule has 2 aromatic carbocycles. The molecule has 0 saturated heterocycles. The molecule has 200 valence electrons. The Bertz CT molecular complexity index is 1520. The van der Waals surface area contributed by atoms with Crippen molar-refractivity contribution in [3.8, 4) is 0 Å². The lowest BCUT2D eigenvalue weighted by Gasteiger charge is -2.35. The number of carbonyl (C=O) groups excluding carboxylic acids is 1. The molecule has 2 heterocycles. The number of aryl methyl sites for hydroxylation is 2. The van der Waals surface area contributed by atoms with E-state index in [1.165, 1.54) is 15.1 Å². The first-order valence-corrected chi connectivity index (χ1v) is 13.0. The number of aromatic nitrogens is 4. The van der Waals surface area contributed by atoms with Gasteiger partial charge in [0, 0.05) is 12.1 Å². The fraction of sp³-hybridized carbons (Fsp3) is 0.357. The molecular weight excluding hydrogens is 507 g/mol. The van der Waals surface area contributed by atoms with Crippen LogP contribution in [0.25, 0.3) is 5.65 Å². The van der Waals surface area contributed by atoms with Crippen molar-refractivity contribution in [3.05, 3.63) is 98.1 Å². The van der Waals surface area contributed by atoms with Crippen LogP contribution < -0.4 is 11.4 Å². The van der Waals surface area contributed by atoms with Gasteiger partial charge < -0.3 is 10.6 Å². The topological polar surface area (TPSA) is 98.5 Å². The van der Waals surface area contributed by atoms with E-state index in [4.69, 9.17) is 22.3 Å². The summed E-state index contributed by atoms with van der Waals surface area (Å²) >= 11 is 6.50. The van der Waals surface area contributed by atoms with E-state index in [1.54, 1.807) is 30.9 Å². The molecule has 0 fully saturated rings. The first kappa shape index (κ1) is 27.5. The van der Waals surface area contributed by atoms with Crippen LogP contribution in [0.15, 0.2) is 53.3 Å². The lowest BCUT2D eigenvalue weighted by atomic mass is 9.99. The lowest BCUT2D eigenvalue weighted by molar-refractivity contribution is 0.0601. The van der Waals surface area contributed by atoms with E-state index in [-0.39, 0.29) is 34.6 Å². The van der Waals surface area contributed by atoms with Gasteiger partial charge in [-0.2, -0.15) is 9.61 Å². The zero-order valence-electron chi connectivity index (χ0n) is 22.0. The van der Waals surface area contributed by atoms with Crippen LogP contribution in [-0.2, 0) is 6.54 Å². The maximum atomic E-state index is 14.4. The SMILES string of the molecule is Cc1ccc(C(=O)N(CCCN)[C@@H](c2nc3c(Cl)c(C)nn3c(=O)n2Cc2ccccc2)C(C)C)cc1F. The Kier molecular flexibility index (Phi) is 8.28. The molecule has 0 saturated carbocycles. The number of fused-ring (bicyclic) bond motifs is 1. The molecule has 1 amide bonds. The molecule has 0 spiro atoms. The van der Waals surface area contributed by atoms with Crippen molar-refractivity contribution >= 4 is 23.2 Å². The summed E-state index contributed by atoms with van der Waals surface area (Å²) in [7, 11) is 0. The number of halogens is 2. The summed E-state index contributed by atoms with van der Waals surface area (Å²) in [6, 6.07) is 13.3. The van der Waals surface area contributed by atoms with Crippen molar-refractivity contribution in [3.63, 3.8) is 0 Å². The number of amides is 1. The number of hydrogen-bond acceptors (Lipinski definition) is 5. The van der Waals surface area contributed by atoms with Crippen LogP contribution in [0.1, 0.15) is 59.3 Å². The van der Waals surface area contributed by atoms with Gasteiger partial charge in [-0.3, -0.25) is 9.36 Å². The number of carbonyl (C=O) groups is 1. The molecule has 0 aliphatic rings. The average Bonchev–Trinajstić information content (AvgIpc) is 3.18. The zero-order chi connectivity index (χ0) is 27.6. The second-order valence-corrected chi connectivity index (χ2v) is 10.1. The van der Waals surface area contributed by atoms with Gasteiger partial charge in [-0.15, -0.1) is 0 Å². The molecule has 0 aliphatic heterocycles. The first-order chi connectivity index (χ1) is 18.1. The highest BCUT2D eigenvalue weighted by molar-refractivity contribution is 6.34. The lowest BCUT2D eigenvalue weighted by Crippen LogP contribution is -2.43. The Balaban J connectivity index is 1.95. The van der Waals surface area contributed by atoms with E-state index >= 15 is 0 Å². The average molecular weight is 539 g/mol. The standard InChI is InChI=1S/C28H32ClFN6O2/c1-17(2)24(34(14-8-13-31)27(37)21-12-11-18(3)22(30)15-21)26-32-25-23(29)19(4)33-36(25)28(38)35(26)16-20-9-6-5-7-10-20/h5-7,9-12,15,17,24H,8,13-14,16,31H2,1-4H3/t24-/m1/s1. The van der Waals surface area contributed by atoms with E-state index in [2.05, 4.69) is 5.10 Å². The van der Waals surface area contributed by atoms with Crippen molar-refractivity contribution < 1.29 is 9.18 Å². The minimum atomic E-state index is -0.633. The second-order valence-electron chi connectivity index (χ2n) is 9.75. The molecule has 0 unspecified atom stereocenters. The Morgan fingerprint density at radius 1 is 1.16 bits per heavy atom. The Labute approximate surface area is 225 Å². The fourth-order valence-electron chi connectivity index (χ4n) is 4.57. The molecule has 0 bridgehead atoms. The smallest absolute Gasteiger partial charge is 0.330 e. The maximum Gasteiger partial charge on any atom is 0.352 e. The van der Waals surface area contributed by atoms with E-state index in [0.717, 1.165) is 5.56 Å². The van der Waals surface area contributed by atoms with Gasteiger partial charge in [0.05, 0.1) is 18.3 Å².